The van der Waals surface area contributed by atoms with E-state index >= 15 is 0 Å². The van der Waals surface area contributed by atoms with E-state index in [0.29, 0.717) is 13.2 Å². The summed E-state index contributed by atoms with van der Waals surface area (Å²) >= 11 is 0. The molecule has 24 heavy (non-hydrogen) atoms. The van der Waals surface area contributed by atoms with Gasteiger partial charge < -0.3 is 15.4 Å². The van der Waals surface area contributed by atoms with Gasteiger partial charge in [-0.15, -0.1) is 0 Å². The Morgan fingerprint density at radius 2 is 2.25 bits per heavy atom. The fraction of sp³-hybridized carbons (Fsp3) is 0.389. The third-order valence-electron chi connectivity index (χ3n) is 3.95. The van der Waals surface area contributed by atoms with Crippen LogP contribution in [0.4, 0.5) is 11.5 Å². The van der Waals surface area contributed by atoms with Crippen LogP contribution in [-0.4, -0.2) is 28.6 Å². The normalized spacial score (nSPS) is 16.8. The number of anilines is 2. The largest absolute Gasteiger partial charge is 0.368 e. The van der Waals surface area contributed by atoms with E-state index in [-0.39, 0.29) is 12.0 Å². The van der Waals surface area contributed by atoms with Gasteiger partial charge in [0.1, 0.15) is 11.9 Å². The van der Waals surface area contributed by atoms with Gasteiger partial charge in [-0.25, -0.2) is 4.98 Å². The zero-order valence-corrected chi connectivity index (χ0v) is 14.0. The molecule has 2 aromatic rings. The first-order valence-corrected chi connectivity index (χ1v) is 8.17. The Morgan fingerprint density at radius 1 is 1.38 bits per heavy atom. The molecular formula is C18H22N4O2. The van der Waals surface area contributed by atoms with E-state index in [0.717, 1.165) is 41.3 Å². The molecule has 1 atom stereocenters. The molecule has 1 aliphatic heterocycles. The summed E-state index contributed by atoms with van der Waals surface area (Å²) in [6.45, 7) is 5.12. The molecule has 6 heteroatoms. The second-order valence-corrected chi connectivity index (χ2v) is 5.99. The molecule has 0 spiro atoms. The molecule has 1 aliphatic rings. The van der Waals surface area contributed by atoms with Crippen LogP contribution in [0.2, 0.25) is 0 Å². The number of nitrogens with zero attached hydrogens (tertiary/aromatic N) is 2. The van der Waals surface area contributed by atoms with Crippen LogP contribution in [0, 0.1) is 13.8 Å². The second kappa shape index (κ2) is 7.40. The SMILES string of the molecule is Cc1cnc(C)c(NCc2cccc(NC(=O)C3CCCO3)c2)n1. The molecule has 1 unspecified atom stereocenters. The maximum absolute atomic E-state index is 12.1. The van der Waals surface area contributed by atoms with Gasteiger partial charge in [-0.2, -0.15) is 0 Å². The third-order valence-corrected chi connectivity index (χ3v) is 3.95. The molecule has 3 rings (SSSR count). The first kappa shape index (κ1) is 16.4. The second-order valence-electron chi connectivity index (χ2n) is 5.99. The minimum atomic E-state index is -0.322. The van der Waals surface area contributed by atoms with Crippen molar-refractivity contribution in [3.05, 3.63) is 47.4 Å². The highest BCUT2D eigenvalue weighted by atomic mass is 16.5. The maximum atomic E-state index is 12.1. The van der Waals surface area contributed by atoms with Crippen molar-refractivity contribution in [2.24, 2.45) is 0 Å². The van der Waals surface area contributed by atoms with Crippen LogP contribution in [0.25, 0.3) is 0 Å². The van der Waals surface area contributed by atoms with Crippen molar-refractivity contribution in [2.75, 3.05) is 17.2 Å². The summed E-state index contributed by atoms with van der Waals surface area (Å²) in [5, 5.41) is 6.22. The summed E-state index contributed by atoms with van der Waals surface area (Å²) in [5.41, 5.74) is 3.58. The Labute approximate surface area is 141 Å². The fourth-order valence-corrected chi connectivity index (χ4v) is 2.66. The molecule has 0 aliphatic carbocycles. The molecular weight excluding hydrogens is 304 g/mol. The Kier molecular flexibility index (Phi) is 5.05. The van der Waals surface area contributed by atoms with E-state index in [1.807, 2.05) is 38.1 Å². The summed E-state index contributed by atoms with van der Waals surface area (Å²) in [5.74, 6) is 0.710. The van der Waals surface area contributed by atoms with Gasteiger partial charge in [0, 0.05) is 25.0 Å². The predicted octanol–water partition coefficient (Wildman–Crippen LogP) is 2.82. The number of hydrogen-bond acceptors (Lipinski definition) is 5. The van der Waals surface area contributed by atoms with E-state index in [1.54, 1.807) is 6.20 Å². The number of hydrogen-bond donors (Lipinski definition) is 2. The van der Waals surface area contributed by atoms with Gasteiger partial charge in [0.25, 0.3) is 5.91 Å². The van der Waals surface area contributed by atoms with E-state index in [1.165, 1.54) is 0 Å². The quantitative estimate of drug-likeness (QED) is 0.883. The van der Waals surface area contributed by atoms with E-state index in [4.69, 9.17) is 4.74 Å². The molecule has 0 bridgehead atoms. The topological polar surface area (TPSA) is 76.1 Å². The van der Waals surface area contributed by atoms with Crippen LogP contribution in [0.5, 0.6) is 0 Å². The van der Waals surface area contributed by atoms with Gasteiger partial charge in [0.2, 0.25) is 0 Å². The number of benzene rings is 1. The predicted molar refractivity (Wildman–Crippen MR) is 92.9 cm³/mol. The summed E-state index contributed by atoms with van der Waals surface area (Å²) in [6.07, 6.45) is 3.16. The minimum absolute atomic E-state index is 0.0713. The number of rotatable bonds is 5. The van der Waals surface area contributed by atoms with Crippen molar-refractivity contribution >= 4 is 17.4 Å². The van der Waals surface area contributed by atoms with Crippen LogP contribution < -0.4 is 10.6 Å². The van der Waals surface area contributed by atoms with E-state index < -0.39 is 0 Å². The number of amides is 1. The molecule has 1 aromatic heterocycles. The highest BCUT2D eigenvalue weighted by molar-refractivity contribution is 5.94. The van der Waals surface area contributed by atoms with Crippen LogP contribution in [0.1, 0.15) is 29.8 Å². The molecule has 126 valence electrons. The van der Waals surface area contributed by atoms with Gasteiger partial charge in [-0.3, -0.25) is 9.78 Å². The van der Waals surface area contributed by atoms with Gasteiger partial charge in [-0.1, -0.05) is 12.1 Å². The van der Waals surface area contributed by atoms with Crippen LogP contribution in [0.15, 0.2) is 30.5 Å². The summed E-state index contributed by atoms with van der Waals surface area (Å²) in [4.78, 5) is 20.9. The molecule has 1 aromatic carbocycles. The smallest absolute Gasteiger partial charge is 0.253 e. The number of nitrogens with one attached hydrogen (secondary N) is 2. The van der Waals surface area contributed by atoms with Crippen molar-refractivity contribution in [3.8, 4) is 0 Å². The molecule has 2 heterocycles. The zero-order valence-electron chi connectivity index (χ0n) is 14.0. The maximum Gasteiger partial charge on any atom is 0.253 e. The van der Waals surface area contributed by atoms with Crippen molar-refractivity contribution in [2.45, 2.75) is 39.3 Å². The minimum Gasteiger partial charge on any atom is -0.368 e. The number of ether oxygens (including phenoxy) is 1. The molecule has 2 N–H and O–H groups in total. The lowest BCUT2D eigenvalue weighted by atomic mass is 10.2. The van der Waals surface area contributed by atoms with Gasteiger partial charge in [0.05, 0.1) is 11.4 Å². The van der Waals surface area contributed by atoms with E-state index in [9.17, 15) is 4.79 Å². The summed E-state index contributed by atoms with van der Waals surface area (Å²) < 4.78 is 5.41. The summed E-state index contributed by atoms with van der Waals surface area (Å²) in [7, 11) is 0. The summed E-state index contributed by atoms with van der Waals surface area (Å²) in [6, 6.07) is 7.77. The first-order chi connectivity index (χ1) is 11.6. The molecule has 0 radical (unpaired) electrons. The number of carbonyl (C=O) groups is 1. The lowest BCUT2D eigenvalue weighted by Gasteiger charge is -2.12. The number of carbonyl (C=O) groups excluding carboxylic acids is 1. The monoisotopic (exact) mass is 326 g/mol. The number of aromatic nitrogens is 2. The Morgan fingerprint density at radius 3 is 3.04 bits per heavy atom. The van der Waals surface area contributed by atoms with Crippen LogP contribution >= 0.6 is 0 Å². The lowest BCUT2D eigenvalue weighted by Crippen LogP contribution is -2.26. The van der Waals surface area contributed by atoms with Crippen molar-refractivity contribution in [1.29, 1.82) is 0 Å². The average Bonchev–Trinajstić information content (AvgIpc) is 3.11. The number of aryl methyl sites for hydroxylation is 2. The molecule has 1 saturated heterocycles. The first-order valence-electron chi connectivity index (χ1n) is 8.17. The molecule has 1 fully saturated rings. The average molecular weight is 326 g/mol. The van der Waals surface area contributed by atoms with Gasteiger partial charge >= 0.3 is 0 Å². The Bertz CT molecular complexity index is 727. The lowest BCUT2D eigenvalue weighted by molar-refractivity contribution is -0.124. The third kappa shape index (κ3) is 4.08. The van der Waals surface area contributed by atoms with Crippen molar-refractivity contribution in [1.82, 2.24) is 9.97 Å². The molecule has 6 nitrogen and oxygen atoms in total. The van der Waals surface area contributed by atoms with Crippen molar-refractivity contribution in [3.63, 3.8) is 0 Å². The van der Waals surface area contributed by atoms with Gasteiger partial charge in [0.15, 0.2) is 0 Å². The van der Waals surface area contributed by atoms with Crippen LogP contribution in [0.3, 0.4) is 0 Å². The van der Waals surface area contributed by atoms with Gasteiger partial charge in [-0.05, 0) is 44.4 Å². The zero-order chi connectivity index (χ0) is 16.9. The standard InChI is InChI=1S/C18H22N4O2/c1-12-10-19-13(2)17(21-12)20-11-14-5-3-6-15(9-14)22-18(23)16-7-4-8-24-16/h3,5-6,9-10,16H,4,7-8,11H2,1-2H3,(H,20,21)(H,22,23). The molecule has 0 saturated carbocycles. The fourth-order valence-electron chi connectivity index (χ4n) is 2.66. The Hall–Kier alpha value is -2.47. The van der Waals surface area contributed by atoms with Crippen LogP contribution in [-0.2, 0) is 16.1 Å². The highest BCUT2D eigenvalue weighted by Gasteiger charge is 2.23. The van der Waals surface area contributed by atoms with E-state index in [2.05, 4.69) is 20.6 Å². The highest BCUT2D eigenvalue weighted by Crippen LogP contribution is 2.17. The molecule has 1 amide bonds. The Balaban J connectivity index is 1.62. The van der Waals surface area contributed by atoms with Crippen molar-refractivity contribution < 1.29 is 9.53 Å².